The van der Waals surface area contributed by atoms with Gasteiger partial charge in [-0.3, -0.25) is 0 Å². The van der Waals surface area contributed by atoms with Gasteiger partial charge in [-0.15, -0.1) is 0 Å². The molecule has 0 aromatic carbocycles. The molecule has 0 aromatic rings. The van der Waals surface area contributed by atoms with Crippen molar-refractivity contribution in [1.82, 2.24) is 9.80 Å². The van der Waals surface area contributed by atoms with E-state index in [0.29, 0.717) is 5.41 Å². The van der Waals surface area contributed by atoms with E-state index in [2.05, 4.69) is 29.5 Å². The fourth-order valence-corrected chi connectivity index (χ4v) is 2.69. The Bertz CT molecular complexity index is 192. The zero-order valence-corrected chi connectivity index (χ0v) is 10.1. The first-order valence-electron chi connectivity index (χ1n) is 5.76. The van der Waals surface area contributed by atoms with Crippen LogP contribution >= 0.6 is 12.6 Å². The quantitative estimate of drug-likeness (QED) is 0.708. The number of hydrogen-bond acceptors (Lipinski definition) is 3. The SMILES string of the molecule is CN1CCCN(CC2(CS)CC2)CC1. The molecule has 2 rings (SSSR count). The van der Waals surface area contributed by atoms with Gasteiger partial charge in [0.25, 0.3) is 0 Å². The van der Waals surface area contributed by atoms with Crippen LogP contribution in [0, 0.1) is 5.41 Å². The van der Waals surface area contributed by atoms with E-state index in [0.717, 1.165) is 5.75 Å². The Labute approximate surface area is 93.1 Å². The molecule has 0 unspecified atom stereocenters. The van der Waals surface area contributed by atoms with Crippen LogP contribution in [0.2, 0.25) is 0 Å². The van der Waals surface area contributed by atoms with Gasteiger partial charge in [0.05, 0.1) is 0 Å². The fourth-order valence-electron chi connectivity index (χ4n) is 2.28. The van der Waals surface area contributed by atoms with E-state index >= 15 is 0 Å². The monoisotopic (exact) mass is 214 g/mol. The standard InChI is InChI=1S/C11H22N2S/c1-12-5-2-6-13(8-7-12)9-11(10-14)3-4-11/h14H,2-10H2,1H3. The van der Waals surface area contributed by atoms with Crippen LogP contribution in [-0.4, -0.2) is 55.3 Å². The Hall–Kier alpha value is 0.270. The van der Waals surface area contributed by atoms with Crippen molar-refractivity contribution in [1.29, 1.82) is 0 Å². The Morgan fingerprint density at radius 3 is 2.57 bits per heavy atom. The van der Waals surface area contributed by atoms with Crippen LogP contribution in [0.4, 0.5) is 0 Å². The molecule has 1 aliphatic heterocycles. The summed E-state index contributed by atoms with van der Waals surface area (Å²) in [5.41, 5.74) is 0.603. The van der Waals surface area contributed by atoms with Crippen LogP contribution < -0.4 is 0 Å². The molecule has 1 aliphatic carbocycles. The maximum absolute atomic E-state index is 4.47. The van der Waals surface area contributed by atoms with Gasteiger partial charge in [0, 0.05) is 19.6 Å². The number of thiol groups is 1. The highest BCUT2D eigenvalue weighted by molar-refractivity contribution is 7.80. The number of hydrogen-bond donors (Lipinski definition) is 1. The van der Waals surface area contributed by atoms with Crippen molar-refractivity contribution in [3.8, 4) is 0 Å². The summed E-state index contributed by atoms with van der Waals surface area (Å²) >= 11 is 4.47. The Morgan fingerprint density at radius 1 is 1.14 bits per heavy atom. The smallest absolute Gasteiger partial charge is 0.0109 e. The molecule has 0 aromatic heterocycles. The summed E-state index contributed by atoms with van der Waals surface area (Å²) in [4.78, 5) is 5.09. The molecule has 14 heavy (non-hydrogen) atoms. The molecular formula is C11H22N2S. The van der Waals surface area contributed by atoms with Gasteiger partial charge < -0.3 is 9.80 Å². The van der Waals surface area contributed by atoms with Gasteiger partial charge in [-0.05, 0) is 50.6 Å². The second-order valence-corrected chi connectivity index (χ2v) is 5.41. The highest BCUT2D eigenvalue weighted by Gasteiger charge is 2.42. The van der Waals surface area contributed by atoms with Gasteiger partial charge in [-0.2, -0.15) is 12.6 Å². The second-order valence-electron chi connectivity index (χ2n) is 5.09. The molecule has 0 radical (unpaired) electrons. The Kier molecular flexibility index (Phi) is 3.40. The molecule has 2 nitrogen and oxygen atoms in total. The van der Waals surface area contributed by atoms with Crippen LogP contribution in [0.1, 0.15) is 19.3 Å². The average Bonchev–Trinajstić information content (AvgIpc) is 2.95. The van der Waals surface area contributed by atoms with Crippen LogP contribution in [0.5, 0.6) is 0 Å². The van der Waals surface area contributed by atoms with Crippen molar-refractivity contribution < 1.29 is 0 Å². The lowest BCUT2D eigenvalue weighted by Gasteiger charge is -2.24. The normalized spacial score (nSPS) is 28.7. The molecular weight excluding hydrogens is 192 g/mol. The van der Waals surface area contributed by atoms with E-state index < -0.39 is 0 Å². The third-order valence-electron chi connectivity index (χ3n) is 3.66. The summed E-state index contributed by atoms with van der Waals surface area (Å²) in [6, 6.07) is 0. The van der Waals surface area contributed by atoms with E-state index in [1.165, 1.54) is 52.0 Å². The second kappa shape index (κ2) is 4.42. The first kappa shape index (κ1) is 10.8. The fraction of sp³-hybridized carbons (Fsp3) is 1.00. The van der Waals surface area contributed by atoms with Gasteiger partial charge in [0.1, 0.15) is 0 Å². The predicted octanol–water partition coefficient (Wildman–Crippen LogP) is 1.33. The predicted molar refractivity (Wildman–Crippen MR) is 64.1 cm³/mol. The molecule has 82 valence electrons. The molecule has 2 aliphatic rings. The summed E-state index contributed by atoms with van der Waals surface area (Å²) in [7, 11) is 2.23. The number of likely N-dealkylation sites (N-methyl/N-ethyl adjacent to an activating group) is 1. The molecule has 1 saturated carbocycles. The van der Waals surface area contributed by atoms with Crippen molar-refractivity contribution in [2.24, 2.45) is 5.41 Å². The van der Waals surface area contributed by atoms with Gasteiger partial charge in [0.2, 0.25) is 0 Å². The summed E-state index contributed by atoms with van der Waals surface area (Å²) in [5, 5.41) is 0. The Balaban J connectivity index is 1.80. The number of nitrogens with zero attached hydrogens (tertiary/aromatic N) is 2. The zero-order valence-electron chi connectivity index (χ0n) is 9.21. The van der Waals surface area contributed by atoms with E-state index in [4.69, 9.17) is 0 Å². The van der Waals surface area contributed by atoms with Crippen LogP contribution in [0.15, 0.2) is 0 Å². The van der Waals surface area contributed by atoms with Gasteiger partial charge in [-0.1, -0.05) is 0 Å². The van der Waals surface area contributed by atoms with E-state index in [1.54, 1.807) is 0 Å². The molecule has 0 N–H and O–H groups in total. The van der Waals surface area contributed by atoms with Crippen LogP contribution in [0.25, 0.3) is 0 Å². The molecule has 1 heterocycles. The summed E-state index contributed by atoms with van der Waals surface area (Å²) in [6.07, 6.45) is 4.14. The zero-order chi connectivity index (χ0) is 10.0. The van der Waals surface area contributed by atoms with Crippen molar-refractivity contribution in [3.05, 3.63) is 0 Å². The molecule has 0 amide bonds. The van der Waals surface area contributed by atoms with Crippen LogP contribution in [0.3, 0.4) is 0 Å². The highest BCUT2D eigenvalue weighted by Crippen LogP contribution is 2.47. The third kappa shape index (κ3) is 2.65. The molecule has 3 heteroatoms. The molecule has 1 saturated heterocycles. The van der Waals surface area contributed by atoms with E-state index in [1.807, 2.05) is 0 Å². The van der Waals surface area contributed by atoms with Crippen molar-refractivity contribution in [2.75, 3.05) is 45.5 Å². The van der Waals surface area contributed by atoms with Crippen LogP contribution in [-0.2, 0) is 0 Å². The van der Waals surface area contributed by atoms with Crippen molar-refractivity contribution in [2.45, 2.75) is 19.3 Å². The maximum atomic E-state index is 4.47. The largest absolute Gasteiger partial charge is 0.305 e. The molecule has 0 atom stereocenters. The maximum Gasteiger partial charge on any atom is 0.0109 e. The van der Waals surface area contributed by atoms with Gasteiger partial charge in [0.15, 0.2) is 0 Å². The van der Waals surface area contributed by atoms with Gasteiger partial charge in [-0.25, -0.2) is 0 Å². The van der Waals surface area contributed by atoms with E-state index in [-0.39, 0.29) is 0 Å². The third-order valence-corrected chi connectivity index (χ3v) is 4.33. The van der Waals surface area contributed by atoms with Crippen molar-refractivity contribution >= 4 is 12.6 Å². The summed E-state index contributed by atoms with van der Waals surface area (Å²) in [5.74, 6) is 1.08. The lowest BCUT2D eigenvalue weighted by molar-refractivity contribution is 0.235. The first-order chi connectivity index (χ1) is 6.74. The topological polar surface area (TPSA) is 6.48 Å². The summed E-state index contributed by atoms with van der Waals surface area (Å²) < 4.78 is 0. The Morgan fingerprint density at radius 2 is 1.93 bits per heavy atom. The van der Waals surface area contributed by atoms with Crippen molar-refractivity contribution in [3.63, 3.8) is 0 Å². The van der Waals surface area contributed by atoms with E-state index in [9.17, 15) is 0 Å². The number of rotatable bonds is 3. The molecule has 2 fully saturated rings. The molecule has 0 spiro atoms. The van der Waals surface area contributed by atoms with Gasteiger partial charge >= 0.3 is 0 Å². The minimum absolute atomic E-state index is 0.603. The highest BCUT2D eigenvalue weighted by atomic mass is 32.1. The first-order valence-corrected chi connectivity index (χ1v) is 6.39. The molecule has 0 bridgehead atoms. The lowest BCUT2D eigenvalue weighted by atomic mass is 10.1. The summed E-state index contributed by atoms with van der Waals surface area (Å²) in [6.45, 7) is 6.35. The minimum atomic E-state index is 0.603. The minimum Gasteiger partial charge on any atom is -0.305 e. The average molecular weight is 214 g/mol. The lowest BCUT2D eigenvalue weighted by Crippen LogP contribution is -2.34.